The summed E-state index contributed by atoms with van der Waals surface area (Å²) in [5.74, 6) is -0.232. The van der Waals surface area contributed by atoms with Gasteiger partial charge in [-0.3, -0.25) is 13.9 Å². The Morgan fingerprint density at radius 2 is 2.00 bits per heavy atom. The highest BCUT2D eigenvalue weighted by atomic mass is 16.3. The lowest BCUT2D eigenvalue weighted by molar-refractivity contribution is -0.121. The minimum atomic E-state index is -0.449. The van der Waals surface area contributed by atoms with Crippen molar-refractivity contribution in [2.45, 2.75) is 26.0 Å². The second kappa shape index (κ2) is 5.92. The highest BCUT2D eigenvalue weighted by molar-refractivity contribution is 5.80. The summed E-state index contributed by atoms with van der Waals surface area (Å²) in [5.41, 5.74) is 1.33. The van der Waals surface area contributed by atoms with Crippen molar-refractivity contribution in [3.63, 3.8) is 0 Å². The van der Waals surface area contributed by atoms with E-state index in [0.29, 0.717) is 13.0 Å². The van der Waals surface area contributed by atoms with Crippen LogP contribution in [0.25, 0.3) is 11.0 Å². The molecule has 0 aliphatic carbocycles. The fourth-order valence-electron chi connectivity index (χ4n) is 2.14. The number of hydrogen-bond acceptors (Lipinski definition) is 3. The number of benzene rings is 1. The van der Waals surface area contributed by atoms with Crippen molar-refractivity contribution in [3.05, 3.63) is 34.7 Å². The maximum Gasteiger partial charge on any atom is 0.329 e. The highest BCUT2D eigenvalue weighted by Crippen LogP contribution is 2.10. The Morgan fingerprint density at radius 3 is 2.65 bits per heavy atom. The van der Waals surface area contributed by atoms with Gasteiger partial charge in [0.2, 0.25) is 5.91 Å². The maximum atomic E-state index is 12.1. The van der Waals surface area contributed by atoms with E-state index in [2.05, 4.69) is 5.32 Å². The van der Waals surface area contributed by atoms with Crippen molar-refractivity contribution >= 4 is 16.9 Å². The monoisotopic (exact) mass is 277 g/mol. The number of aromatic nitrogens is 2. The molecule has 0 saturated carbocycles. The van der Waals surface area contributed by atoms with Gasteiger partial charge in [0.05, 0.1) is 17.1 Å². The number of hydrogen-bond donors (Lipinski definition) is 2. The maximum absolute atomic E-state index is 12.1. The van der Waals surface area contributed by atoms with Crippen LogP contribution in [0.1, 0.15) is 13.3 Å². The molecule has 0 fully saturated rings. The van der Waals surface area contributed by atoms with Crippen LogP contribution >= 0.6 is 0 Å². The third kappa shape index (κ3) is 2.91. The average molecular weight is 277 g/mol. The predicted octanol–water partition coefficient (Wildman–Crippen LogP) is 0.227. The summed E-state index contributed by atoms with van der Waals surface area (Å²) in [6.07, 6.45) is 0.0477. The molecule has 1 amide bonds. The van der Waals surface area contributed by atoms with E-state index in [4.69, 9.17) is 5.11 Å². The van der Waals surface area contributed by atoms with Crippen molar-refractivity contribution < 1.29 is 9.90 Å². The van der Waals surface area contributed by atoms with E-state index in [1.807, 2.05) is 24.3 Å². The summed E-state index contributed by atoms with van der Waals surface area (Å²) in [4.78, 5) is 23.9. The van der Waals surface area contributed by atoms with Crippen molar-refractivity contribution in [1.29, 1.82) is 0 Å². The van der Waals surface area contributed by atoms with E-state index in [0.717, 1.165) is 11.0 Å². The van der Waals surface area contributed by atoms with Gasteiger partial charge >= 0.3 is 5.69 Å². The molecule has 2 N–H and O–H groups in total. The molecule has 0 aliphatic heterocycles. The molecule has 0 spiro atoms. The van der Waals surface area contributed by atoms with Gasteiger partial charge in [0.1, 0.15) is 6.54 Å². The molecule has 2 aromatic rings. The van der Waals surface area contributed by atoms with E-state index >= 15 is 0 Å². The molecular weight excluding hydrogens is 258 g/mol. The number of nitrogens with one attached hydrogen (secondary N) is 1. The topological polar surface area (TPSA) is 76.3 Å². The number of imidazole rings is 1. The molecule has 1 aromatic heterocycles. The lowest BCUT2D eigenvalue weighted by Crippen LogP contribution is -2.33. The number of fused-ring (bicyclic) bond motifs is 1. The van der Waals surface area contributed by atoms with Crippen LogP contribution in [0, 0.1) is 0 Å². The van der Waals surface area contributed by atoms with Crippen LogP contribution < -0.4 is 11.0 Å². The van der Waals surface area contributed by atoms with Crippen LogP contribution in [0.15, 0.2) is 29.1 Å². The number of aliphatic hydroxyl groups is 1. The molecule has 108 valence electrons. The number of rotatable bonds is 5. The Bertz CT molecular complexity index is 670. The Labute approximate surface area is 116 Å². The number of amides is 1. The van der Waals surface area contributed by atoms with Crippen molar-refractivity contribution in [2.75, 3.05) is 6.54 Å². The van der Waals surface area contributed by atoms with Gasteiger partial charge in [-0.2, -0.15) is 0 Å². The van der Waals surface area contributed by atoms with Crippen molar-refractivity contribution in [2.24, 2.45) is 7.05 Å². The van der Waals surface area contributed by atoms with Crippen LogP contribution in [0.4, 0.5) is 0 Å². The average Bonchev–Trinajstić information content (AvgIpc) is 2.64. The van der Waals surface area contributed by atoms with Crippen LogP contribution in [-0.2, 0) is 18.4 Å². The zero-order chi connectivity index (χ0) is 14.7. The van der Waals surface area contributed by atoms with E-state index in [9.17, 15) is 9.59 Å². The Hall–Kier alpha value is -2.08. The van der Waals surface area contributed by atoms with Gasteiger partial charge in [-0.05, 0) is 25.5 Å². The Balaban J connectivity index is 2.16. The number of carbonyl (C=O) groups is 1. The third-order valence-electron chi connectivity index (χ3n) is 3.24. The summed E-state index contributed by atoms with van der Waals surface area (Å²) < 4.78 is 2.98. The standard InChI is InChI=1S/C14H19N3O3/c1-10(18)7-8-15-13(19)9-17-12-6-4-3-5-11(12)16(2)14(17)20/h3-6,10,18H,7-9H2,1-2H3,(H,15,19). The van der Waals surface area contributed by atoms with Crippen LogP contribution in [0.3, 0.4) is 0 Å². The minimum Gasteiger partial charge on any atom is -0.393 e. The van der Waals surface area contributed by atoms with Crippen molar-refractivity contribution in [1.82, 2.24) is 14.5 Å². The molecular formula is C14H19N3O3. The second-order valence-corrected chi connectivity index (χ2v) is 4.90. The van der Waals surface area contributed by atoms with E-state index < -0.39 is 6.10 Å². The summed E-state index contributed by atoms with van der Waals surface area (Å²) in [6.45, 7) is 2.05. The van der Waals surface area contributed by atoms with E-state index in [-0.39, 0.29) is 18.1 Å². The second-order valence-electron chi connectivity index (χ2n) is 4.90. The first-order chi connectivity index (χ1) is 9.50. The largest absolute Gasteiger partial charge is 0.393 e. The molecule has 6 nitrogen and oxygen atoms in total. The number of para-hydroxylation sites is 2. The van der Waals surface area contributed by atoms with Gasteiger partial charge in [-0.1, -0.05) is 12.1 Å². The lowest BCUT2D eigenvalue weighted by atomic mass is 10.3. The lowest BCUT2D eigenvalue weighted by Gasteiger charge is -2.07. The number of nitrogens with zero attached hydrogens (tertiary/aromatic N) is 2. The molecule has 0 bridgehead atoms. The zero-order valence-electron chi connectivity index (χ0n) is 11.7. The fraction of sp³-hybridized carbons (Fsp3) is 0.429. The summed E-state index contributed by atoms with van der Waals surface area (Å²) in [7, 11) is 1.69. The number of aliphatic hydroxyl groups excluding tert-OH is 1. The van der Waals surface area contributed by atoms with Gasteiger partial charge in [0.15, 0.2) is 0 Å². The minimum absolute atomic E-state index is 0.0139. The fourth-order valence-corrected chi connectivity index (χ4v) is 2.14. The van der Waals surface area contributed by atoms with Crippen molar-refractivity contribution in [3.8, 4) is 0 Å². The molecule has 1 heterocycles. The molecule has 6 heteroatoms. The van der Waals surface area contributed by atoms with Gasteiger partial charge < -0.3 is 10.4 Å². The molecule has 1 atom stereocenters. The van der Waals surface area contributed by atoms with Crippen LogP contribution in [-0.4, -0.2) is 32.8 Å². The molecule has 0 saturated heterocycles. The zero-order valence-corrected chi connectivity index (χ0v) is 11.7. The van der Waals surface area contributed by atoms with Crippen LogP contribution in [0.5, 0.6) is 0 Å². The van der Waals surface area contributed by atoms with Gasteiger partial charge in [0.25, 0.3) is 0 Å². The summed E-state index contributed by atoms with van der Waals surface area (Å²) in [5, 5.41) is 11.8. The SMILES string of the molecule is CC(O)CCNC(=O)Cn1c(=O)n(C)c2ccccc21. The molecule has 1 aromatic carbocycles. The molecule has 1 unspecified atom stereocenters. The first-order valence-electron chi connectivity index (χ1n) is 6.59. The Morgan fingerprint density at radius 1 is 1.35 bits per heavy atom. The quantitative estimate of drug-likeness (QED) is 0.821. The molecule has 0 aliphatic rings. The summed E-state index contributed by atoms with van der Waals surface area (Å²) >= 11 is 0. The number of aryl methyl sites for hydroxylation is 1. The molecule has 0 radical (unpaired) electrons. The van der Waals surface area contributed by atoms with Crippen LogP contribution in [0.2, 0.25) is 0 Å². The van der Waals surface area contributed by atoms with Gasteiger partial charge in [-0.15, -0.1) is 0 Å². The highest BCUT2D eigenvalue weighted by Gasteiger charge is 2.12. The normalized spacial score (nSPS) is 12.6. The predicted molar refractivity (Wildman–Crippen MR) is 76.5 cm³/mol. The Kier molecular flexibility index (Phi) is 4.24. The smallest absolute Gasteiger partial charge is 0.329 e. The van der Waals surface area contributed by atoms with Gasteiger partial charge in [-0.25, -0.2) is 4.79 Å². The third-order valence-corrected chi connectivity index (χ3v) is 3.24. The van der Waals surface area contributed by atoms with E-state index in [1.54, 1.807) is 14.0 Å². The molecule has 2 rings (SSSR count). The van der Waals surface area contributed by atoms with Gasteiger partial charge in [0, 0.05) is 13.6 Å². The first kappa shape index (κ1) is 14.3. The van der Waals surface area contributed by atoms with E-state index in [1.165, 1.54) is 9.13 Å². The molecule has 20 heavy (non-hydrogen) atoms. The summed E-state index contributed by atoms with van der Waals surface area (Å²) in [6, 6.07) is 7.36. The first-order valence-corrected chi connectivity index (χ1v) is 6.59. The number of carbonyl (C=O) groups excluding carboxylic acids is 1.